The van der Waals surface area contributed by atoms with Crippen LogP contribution in [0.2, 0.25) is 0 Å². The number of alkyl carbamates (subject to hydrolysis) is 1. The molecule has 0 bridgehead atoms. The van der Waals surface area contributed by atoms with Gasteiger partial charge < -0.3 is 24.2 Å². The molecular formula is C22H33N5O5. The Morgan fingerprint density at radius 2 is 1.78 bits per heavy atom. The minimum Gasteiger partial charge on any atom is -0.444 e. The first-order chi connectivity index (χ1) is 14.8. The van der Waals surface area contributed by atoms with E-state index < -0.39 is 23.4 Å². The molecule has 1 fully saturated rings. The highest BCUT2D eigenvalue weighted by atomic mass is 16.6. The van der Waals surface area contributed by atoms with Crippen molar-refractivity contribution < 1.29 is 23.6 Å². The topological polar surface area (TPSA) is 119 Å². The van der Waals surface area contributed by atoms with E-state index >= 15 is 0 Å². The van der Waals surface area contributed by atoms with Gasteiger partial charge in [-0.05, 0) is 61.3 Å². The average Bonchev–Trinajstić information content (AvgIpc) is 2.99. The van der Waals surface area contributed by atoms with Gasteiger partial charge in [-0.1, -0.05) is 5.16 Å². The van der Waals surface area contributed by atoms with E-state index in [1.807, 2.05) is 27.7 Å². The van der Waals surface area contributed by atoms with Gasteiger partial charge in [0.05, 0.1) is 28.7 Å². The minimum absolute atomic E-state index is 0.114. The van der Waals surface area contributed by atoms with Gasteiger partial charge in [0.25, 0.3) is 5.71 Å². The normalized spacial score (nSPS) is 17.2. The zero-order valence-electron chi connectivity index (χ0n) is 19.9. The van der Waals surface area contributed by atoms with Crippen LogP contribution in [0.15, 0.2) is 10.7 Å². The Kier molecular flexibility index (Phi) is 6.52. The zero-order chi connectivity index (χ0) is 23.7. The van der Waals surface area contributed by atoms with Crippen LogP contribution >= 0.6 is 0 Å². The van der Waals surface area contributed by atoms with Gasteiger partial charge in [-0.25, -0.2) is 14.6 Å². The number of aryl methyl sites for hydroxylation is 1. The second-order valence-corrected chi connectivity index (χ2v) is 10.0. The van der Waals surface area contributed by atoms with Gasteiger partial charge in [-0.3, -0.25) is 5.32 Å². The Morgan fingerprint density at radius 3 is 2.44 bits per heavy atom. The zero-order valence-corrected chi connectivity index (χ0v) is 19.9. The van der Waals surface area contributed by atoms with Crippen molar-refractivity contribution >= 4 is 34.7 Å². The summed E-state index contributed by atoms with van der Waals surface area (Å²) in [6.45, 7) is 14.0. The molecule has 1 atom stereocenters. The Balaban J connectivity index is 1.88. The van der Waals surface area contributed by atoms with Crippen LogP contribution in [0.5, 0.6) is 0 Å². The van der Waals surface area contributed by atoms with Crippen LogP contribution < -0.4 is 15.5 Å². The third kappa shape index (κ3) is 6.02. The highest BCUT2D eigenvalue weighted by Crippen LogP contribution is 2.37. The second kappa shape index (κ2) is 8.84. The molecule has 1 saturated heterocycles. The summed E-state index contributed by atoms with van der Waals surface area (Å²) in [6, 6.07) is -0.114. The Hall–Kier alpha value is -3.04. The van der Waals surface area contributed by atoms with E-state index in [2.05, 4.69) is 25.7 Å². The van der Waals surface area contributed by atoms with E-state index in [1.165, 1.54) is 6.20 Å². The maximum absolute atomic E-state index is 12.5. The molecule has 10 heteroatoms. The molecule has 0 spiro atoms. The molecule has 0 unspecified atom stereocenters. The molecule has 176 valence electrons. The van der Waals surface area contributed by atoms with Gasteiger partial charge in [-0.2, -0.15) is 0 Å². The first kappa shape index (κ1) is 23.6. The number of piperidine rings is 1. The van der Waals surface area contributed by atoms with Crippen molar-refractivity contribution in [3.8, 4) is 0 Å². The van der Waals surface area contributed by atoms with Gasteiger partial charge in [0.1, 0.15) is 11.2 Å². The molecule has 2 aromatic rings. The van der Waals surface area contributed by atoms with E-state index in [-0.39, 0.29) is 6.04 Å². The third-order valence-corrected chi connectivity index (χ3v) is 4.74. The largest absolute Gasteiger partial charge is 0.444 e. The van der Waals surface area contributed by atoms with Gasteiger partial charge in [0.15, 0.2) is 0 Å². The first-order valence-electron chi connectivity index (χ1n) is 10.8. The number of ether oxygens (including phenoxy) is 2. The Morgan fingerprint density at radius 1 is 1.12 bits per heavy atom. The van der Waals surface area contributed by atoms with E-state index in [4.69, 9.17) is 14.0 Å². The van der Waals surface area contributed by atoms with Gasteiger partial charge in [0, 0.05) is 19.1 Å². The number of fused-ring (bicyclic) bond motifs is 1. The highest BCUT2D eigenvalue weighted by Gasteiger charge is 2.29. The summed E-state index contributed by atoms with van der Waals surface area (Å²) in [5, 5.41) is 10.5. The number of carbonyl (C=O) groups is 2. The number of anilines is 2. The van der Waals surface area contributed by atoms with E-state index in [0.29, 0.717) is 23.6 Å². The number of nitrogens with zero attached hydrogens (tertiary/aromatic N) is 3. The van der Waals surface area contributed by atoms with Crippen LogP contribution in [-0.4, -0.2) is 52.7 Å². The summed E-state index contributed by atoms with van der Waals surface area (Å²) in [6.07, 6.45) is 2.19. The third-order valence-electron chi connectivity index (χ3n) is 4.74. The lowest BCUT2D eigenvalue weighted by Crippen LogP contribution is -2.49. The van der Waals surface area contributed by atoms with E-state index in [0.717, 1.165) is 30.5 Å². The van der Waals surface area contributed by atoms with Crippen molar-refractivity contribution in [2.24, 2.45) is 0 Å². The molecule has 0 radical (unpaired) electrons. The maximum Gasteiger partial charge on any atom is 0.412 e. The van der Waals surface area contributed by atoms with Crippen LogP contribution in [0.3, 0.4) is 0 Å². The molecule has 2 N–H and O–H groups in total. The average molecular weight is 448 g/mol. The number of hydrogen-bond acceptors (Lipinski definition) is 8. The predicted molar refractivity (Wildman–Crippen MR) is 121 cm³/mol. The lowest BCUT2D eigenvalue weighted by molar-refractivity contribution is 0.0499. The molecule has 1 aliphatic heterocycles. The summed E-state index contributed by atoms with van der Waals surface area (Å²) in [7, 11) is 0. The van der Waals surface area contributed by atoms with Crippen LogP contribution in [0, 0.1) is 6.92 Å². The SMILES string of the molecule is Cc1noc2ncc(NC(=O)OC(C)(C)C)c(N3CCC[C@H](NC(=O)OC(C)(C)C)C3)c12. The molecule has 32 heavy (non-hydrogen) atoms. The van der Waals surface area contributed by atoms with Gasteiger partial charge in [0.2, 0.25) is 0 Å². The molecule has 2 amide bonds. The van der Waals surface area contributed by atoms with Crippen LogP contribution in [0.25, 0.3) is 11.1 Å². The van der Waals surface area contributed by atoms with Crippen molar-refractivity contribution in [1.82, 2.24) is 15.5 Å². The molecule has 0 aliphatic carbocycles. The molecule has 0 saturated carbocycles. The number of nitrogens with one attached hydrogen (secondary N) is 2. The lowest BCUT2D eigenvalue weighted by Gasteiger charge is -2.36. The number of carbonyl (C=O) groups excluding carboxylic acids is 2. The Labute approximate surface area is 188 Å². The van der Waals surface area contributed by atoms with Gasteiger partial charge >= 0.3 is 12.2 Å². The van der Waals surface area contributed by atoms with Crippen molar-refractivity contribution in [2.75, 3.05) is 23.3 Å². The fourth-order valence-electron chi connectivity index (χ4n) is 3.64. The van der Waals surface area contributed by atoms with Crippen LogP contribution in [0.4, 0.5) is 21.0 Å². The standard InChI is InChI=1S/C22H33N5O5/c1-13-16-17(27-10-8-9-14(12-27)24-19(28)30-21(2,3)4)15(11-23-18(16)32-26-13)25-20(29)31-22(5,6)7/h11,14H,8-10,12H2,1-7H3,(H,24,28)(H,25,29)/t14-/m0/s1. The second-order valence-electron chi connectivity index (χ2n) is 10.0. The quantitative estimate of drug-likeness (QED) is 0.712. The minimum atomic E-state index is -0.636. The number of rotatable bonds is 3. The van der Waals surface area contributed by atoms with E-state index in [9.17, 15) is 9.59 Å². The summed E-state index contributed by atoms with van der Waals surface area (Å²) >= 11 is 0. The summed E-state index contributed by atoms with van der Waals surface area (Å²) < 4.78 is 16.2. The summed E-state index contributed by atoms with van der Waals surface area (Å²) in [5.41, 5.74) is 1.08. The summed E-state index contributed by atoms with van der Waals surface area (Å²) in [5.74, 6) is 0. The number of hydrogen-bond donors (Lipinski definition) is 2. The molecule has 3 rings (SSSR count). The molecule has 3 heterocycles. The molecule has 1 aliphatic rings. The number of aromatic nitrogens is 2. The number of amides is 2. The van der Waals surface area contributed by atoms with Crippen molar-refractivity contribution in [3.05, 3.63) is 11.9 Å². The smallest absolute Gasteiger partial charge is 0.412 e. The highest BCUT2D eigenvalue weighted by molar-refractivity contribution is 6.01. The lowest BCUT2D eigenvalue weighted by atomic mass is 10.0. The van der Waals surface area contributed by atoms with E-state index in [1.54, 1.807) is 20.8 Å². The first-order valence-corrected chi connectivity index (χ1v) is 10.8. The summed E-state index contributed by atoms with van der Waals surface area (Å²) in [4.78, 5) is 31.2. The van der Waals surface area contributed by atoms with Crippen molar-refractivity contribution in [1.29, 1.82) is 0 Å². The Bertz CT molecular complexity index is 989. The fourth-order valence-corrected chi connectivity index (χ4v) is 3.64. The molecule has 2 aromatic heterocycles. The van der Waals surface area contributed by atoms with Crippen molar-refractivity contribution in [2.45, 2.75) is 78.6 Å². The van der Waals surface area contributed by atoms with Gasteiger partial charge in [-0.15, -0.1) is 0 Å². The maximum atomic E-state index is 12.5. The van der Waals surface area contributed by atoms with Crippen molar-refractivity contribution in [3.63, 3.8) is 0 Å². The van der Waals surface area contributed by atoms with Crippen LogP contribution in [-0.2, 0) is 9.47 Å². The molecule has 0 aromatic carbocycles. The fraction of sp³-hybridized carbons (Fsp3) is 0.636. The predicted octanol–water partition coefficient (Wildman–Crippen LogP) is 4.37. The van der Waals surface area contributed by atoms with Crippen LogP contribution in [0.1, 0.15) is 60.1 Å². The number of pyridine rings is 1. The monoisotopic (exact) mass is 447 g/mol. The molecule has 10 nitrogen and oxygen atoms in total. The molecular weight excluding hydrogens is 414 g/mol.